The van der Waals surface area contributed by atoms with E-state index in [1.807, 2.05) is 79.7 Å². The molecule has 0 spiro atoms. The minimum atomic E-state index is -0.469. The van der Waals surface area contributed by atoms with Crippen LogP contribution in [0.1, 0.15) is 24.1 Å². The monoisotopic (exact) mass is 487 g/mol. The van der Waals surface area contributed by atoms with Gasteiger partial charge in [-0.05, 0) is 53.1 Å². The third-order valence-corrected chi connectivity index (χ3v) is 6.52. The summed E-state index contributed by atoms with van der Waals surface area (Å²) in [5.74, 6) is 1.09. The molecule has 0 saturated carbocycles. The van der Waals surface area contributed by atoms with Gasteiger partial charge in [-0.1, -0.05) is 72.8 Å². The van der Waals surface area contributed by atoms with E-state index in [2.05, 4.69) is 45.0 Å². The van der Waals surface area contributed by atoms with Crippen LogP contribution in [-0.2, 0) is 11.4 Å². The van der Waals surface area contributed by atoms with Gasteiger partial charge in [0.25, 0.3) is 5.91 Å². The Balaban J connectivity index is 1.32. The molecule has 0 radical (unpaired) electrons. The van der Waals surface area contributed by atoms with Gasteiger partial charge in [-0.2, -0.15) is 10.1 Å². The molecule has 7 nitrogen and oxygen atoms in total. The fraction of sp³-hybridized carbons (Fsp3) is 0.100. The summed E-state index contributed by atoms with van der Waals surface area (Å²) < 4.78 is 7.97. The number of nitrogens with zero attached hydrogens (tertiary/aromatic N) is 3. The number of fused-ring (bicyclic) bond motifs is 2. The molecule has 4 aromatic carbocycles. The fourth-order valence-corrected chi connectivity index (χ4v) is 4.77. The first-order chi connectivity index (χ1) is 18.2. The Hall–Kier alpha value is -4.91. The number of para-hydroxylation sites is 1. The highest BCUT2D eigenvalue weighted by atomic mass is 16.5. The molecule has 182 valence electrons. The van der Waals surface area contributed by atoms with Gasteiger partial charge in [0.2, 0.25) is 5.95 Å². The predicted octanol–water partition coefficient (Wildman–Crippen LogP) is 5.94. The van der Waals surface area contributed by atoms with E-state index in [9.17, 15) is 4.79 Å². The van der Waals surface area contributed by atoms with Crippen LogP contribution in [0.25, 0.3) is 10.8 Å². The van der Waals surface area contributed by atoms with Crippen LogP contribution >= 0.6 is 0 Å². The van der Waals surface area contributed by atoms with Gasteiger partial charge in [0.15, 0.2) is 0 Å². The second kappa shape index (κ2) is 9.62. The highest BCUT2D eigenvalue weighted by Gasteiger charge is 2.33. The van der Waals surface area contributed by atoms with Crippen molar-refractivity contribution in [1.29, 1.82) is 0 Å². The van der Waals surface area contributed by atoms with Crippen LogP contribution in [-0.4, -0.2) is 20.7 Å². The number of hydrogen-bond donors (Lipinski definition) is 2. The lowest BCUT2D eigenvalue weighted by atomic mass is 9.95. The SMILES string of the molecule is CC1=C(C(=O)Nc2ccccc2)[C@@H](c2cccc(OCc3cccc4ccccc34)c2)n2ncnc2N1. The standard InChI is InChI=1S/C30H25N5O2/c1-20-27(29(36)34-24-13-3-2-4-14-24)28(35-30(33-20)31-19-32-35)22-11-8-15-25(17-22)37-18-23-12-7-10-21-9-5-6-16-26(21)23/h2-17,19,28H,18H2,1H3,(H,34,36)(H,31,32,33)/t28-/m1/s1. The van der Waals surface area contributed by atoms with Gasteiger partial charge in [-0.15, -0.1) is 0 Å². The highest BCUT2D eigenvalue weighted by Crippen LogP contribution is 2.36. The fourth-order valence-electron chi connectivity index (χ4n) is 4.77. The molecule has 1 aromatic heterocycles. The second-order valence-corrected chi connectivity index (χ2v) is 8.91. The Kier molecular flexibility index (Phi) is 5.86. The number of carbonyl (C=O) groups excluding carboxylic acids is 1. The lowest BCUT2D eigenvalue weighted by Crippen LogP contribution is -2.31. The summed E-state index contributed by atoms with van der Waals surface area (Å²) in [5.41, 5.74) is 4.00. The lowest BCUT2D eigenvalue weighted by Gasteiger charge is -2.29. The first kappa shape index (κ1) is 22.5. The van der Waals surface area contributed by atoms with Crippen molar-refractivity contribution in [3.8, 4) is 5.75 Å². The summed E-state index contributed by atoms with van der Waals surface area (Å²) in [5, 5.41) is 13.0. The van der Waals surface area contributed by atoms with Crippen LogP contribution in [0, 0.1) is 0 Å². The minimum absolute atomic E-state index is 0.204. The number of ether oxygens (including phenoxy) is 1. The van der Waals surface area contributed by atoms with Crippen LogP contribution < -0.4 is 15.4 Å². The van der Waals surface area contributed by atoms with Gasteiger partial charge in [0.1, 0.15) is 24.7 Å². The summed E-state index contributed by atoms with van der Waals surface area (Å²) in [6, 6.07) is 31.3. The molecule has 0 saturated heterocycles. The van der Waals surface area contributed by atoms with E-state index in [0.717, 1.165) is 22.5 Å². The molecule has 2 N–H and O–H groups in total. The first-order valence-electron chi connectivity index (χ1n) is 12.1. The van der Waals surface area contributed by atoms with Crippen molar-refractivity contribution in [3.05, 3.63) is 126 Å². The van der Waals surface area contributed by atoms with Crippen LogP contribution in [0.4, 0.5) is 11.6 Å². The average molecular weight is 488 g/mol. The number of hydrogen-bond acceptors (Lipinski definition) is 5. The Labute approximate surface area is 214 Å². The van der Waals surface area contributed by atoms with Crippen LogP contribution in [0.5, 0.6) is 5.75 Å². The molecule has 6 rings (SSSR count). The number of carbonyl (C=O) groups is 1. The summed E-state index contributed by atoms with van der Waals surface area (Å²) in [6.07, 6.45) is 1.49. The van der Waals surface area contributed by atoms with Crippen molar-refractivity contribution < 1.29 is 9.53 Å². The molecule has 1 aliphatic heterocycles. The van der Waals surface area contributed by atoms with Gasteiger partial charge in [-0.25, -0.2) is 4.68 Å². The Bertz CT molecular complexity index is 1620. The molecule has 1 amide bonds. The Morgan fingerprint density at radius 3 is 2.65 bits per heavy atom. The van der Waals surface area contributed by atoms with Crippen LogP contribution in [0.2, 0.25) is 0 Å². The number of benzene rings is 4. The third kappa shape index (κ3) is 4.43. The normalized spacial score (nSPS) is 14.7. The molecular formula is C30H25N5O2. The second-order valence-electron chi connectivity index (χ2n) is 8.91. The smallest absolute Gasteiger partial charge is 0.255 e. The van der Waals surface area contributed by atoms with Gasteiger partial charge >= 0.3 is 0 Å². The number of rotatable bonds is 6. The minimum Gasteiger partial charge on any atom is -0.489 e. The number of anilines is 2. The predicted molar refractivity (Wildman–Crippen MR) is 144 cm³/mol. The molecule has 7 heteroatoms. The van der Waals surface area contributed by atoms with Crippen LogP contribution in [0.3, 0.4) is 0 Å². The number of aromatic nitrogens is 3. The zero-order valence-electron chi connectivity index (χ0n) is 20.3. The molecule has 37 heavy (non-hydrogen) atoms. The summed E-state index contributed by atoms with van der Waals surface area (Å²) >= 11 is 0. The molecule has 0 unspecified atom stereocenters. The maximum absolute atomic E-state index is 13.5. The molecule has 1 atom stereocenters. The number of allylic oxidation sites excluding steroid dienone is 1. The summed E-state index contributed by atoms with van der Waals surface area (Å²) in [7, 11) is 0. The maximum Gasteiger partial charge on any atom is 0.255 e. The van der Waals surface area contributed by atoms with Gasteiger partial charge in [0.05, 0.1) is 5.57 Å². The van der Waals surface area contributed by atoms with Crippen molar-refractivity contribution in [1.82, 2.24) is 14.8 Å². The molecule has 1 aliphatic rings. The van der Waals surface area contributed by atoms with Crippen molar-refractivity contribution in [2.24, 2.45) is 0 Å². The molecular weight excluding hydrogens is 462 g/mol. The third-order valence-electron chi connectivity index (χ3n) is 6.52. The van der Waals surface area contributed by atoms with E-state index in [1.54, 1.807) is 4.68 Å². The molecule has 0 fully saturated rings. The van der Waals surface area contributed by atoms with Crippen molar-refractivity contribution in [2.45, 2.75) is 19.6 Å². The molecule has 5 aromatic rings. The quantitative estimate of drug-likeness (QED) is 0.310. The van der Waals surface area contributed by atoms with E-state index in [4.69, 9.17) is 4.74 Å². The van der Waals surface area contributed by atoms with Crippen molar-refractivity contribution in [3.63, 3.8) is 0 Å². The topological polar surface area (TPSA) is 81.1 Å². The zero-order valence-corrected chi connectivity index (χ0v) is 20.3. The highest BCUT2D eigenvalue weighted by molar-refractivity contribution is 6.06. The maximum atomic E-state index is 13.5. The van der Waals surface area contributed by atoms with Gasteiger partial charge in [0, 0.05) is 11.4 Å². The average Bonchev–Trinajstić information content (AvgIpc) is 3.40. The largest absolute Gasteiger partial charge is 0.489 e. The first-order valence-corrected chi connectivity index (χ1v) is 12.1. The van der Waals surface area contributed by atoms with Crippen molar-refractivity contribution >= 4 is 28.3 Å². The molecule has 0 aliphatic carbocycles. The lowest BCUT2D eigenvalue weighted by molar-refractivity contribution is -0.113. The van der Waals surface area contributed by atoms with Crippen molar-refractivity contribution in [2.75, 3.05) is 10.6 Å². The number of nitrogens with one attached hydrogen (secondary N) is 2. The zero-order chi connectivity index (χ0) is 25.2. The van der Waals surface area contributed by atoms with E-state index in [-0.39, 0.29) is 5.91 Å². The molecule has 2 heterocycles. The van der Waals surface area contributed by atoms with E-state index in [0.29, 0.717) is 23.9 Å². The molecule has 0 bridgehead atoms. The number of amides is 1. The van der Waals surface area contributed by atoms with E-state index < -0.39 is 6.04 Å². The van der Waals surface area contributed by atoms with Crippen LogP contribution in [0.15, 0.2) is 115 Å². The van der Waals surface area contributed by atoms with Gasteiger partial charge in [-0.3, -0.25) is 4.79 Å². The van der Waals surface area contributed by atoms with E-state index in [1.165, 1.54) is 17.1 Å². The summed E-state index contributed by atoms with van der Waals surface area (Å²) in [4.78, 5) is 17.8. The Morgan fingerprint density at radius 1 is 0.973 bits per heavy atom. The summed E-state index contributed by atoms with van der Waals surface area (Å²) in [6.45, 7) is 2.31. The van der Waals surface area contributed by atoms with Gasteiger partial charge < -0.3 is 15.4 Å². The Morgan fingerprint density at radius 2 is 1.76 bits per heavy atom. The van der Waals surface area contributed by atoms with E-state index >= 15 is 0 Å².